The van der Waals surface area contributed by atoms with Gasteiger partial charge < -0.3 is 14.2 Å². The number of hydrogen-bond acceptors (Lipinski definition) is 8. The van der Waals surface area contributed by atoms with Gasteiger partial charge in [-0.3, -0.25) is 0 Å². The number of carbonyl (C=O) groups excluding carboxylic acids is 1. The van der Waals surface area contributed by atoms with Gasteiger partial charge in [-0.1, -0.05) is 19.3 Å². The molecule has 0 atom stereocenters. The summed E-state index contributed by atoms with van der Waals surface area (Å²) in [7, 11) is 0. The third-order valence-electron chi connectivity index (χ3n) is 4.17. The zero-order valence-electron chi connectivity index (χ0n) is 18.6. The van der Waals surface area contributed by atoms with Crippen molar-refractivity contribution in [2.45, 2.75) is 77.9 Å². The summed E-state index contributed by atoms with van der Waals surface area (Å²) in [4.78, 5) is 16.0. The van der Waals surface area contributed by atoms with Crippen molar-refractivity contribution in [3.8, 4) is 11.7 Å². The maximum Gasteiger partial charge on any atom is 0.338 e. The minimum atomic E-state index is -0.925. The molecule has 0 spiro atoms. The Morgan fingerprint density at radius 3 is 2.27 bits per heavy atom. The molecule has 0 aliphatic carbocycles. The zero-order valence-corrected chi connectivity index (χ0v) is 18.6. The van der Waals surface area contributed by atoms with E-state index in [0.29, 0.717) is 24.9 Å². The average Bonchev–Trinajstić information content (AvgIpc) is 3.20. The number of nitrogens with zero attached hydrogens (tertiary/aromatic N) is 5. The quantitative estimate of drug-likeness (QED) is 0.380. The molecule has 0 bridgehead atoms. The van der Waals surface area contributed by atoms with Crippen LogP contribution in [0.15, 0.2) is 24.8 Å². The SMILES string of the molecule is CC(C)(C)OC(=O)C(C)(C)OCCCCCCCOc1ccc(-n2cncn2)nn1. The zero-order chi connectivity index (χ0) is 22.0. The maximum atomic E-state index is 12.1. The molecule has 0 amide bonds. The lowest BCUT2D eigenvalue weighted by atomic mass is 10.1. The van der Waals surface area contributed by atoms with Crippen LogP contribution in [0.4, 0.5) is 0 Å². The molecule has 0 aromatic carbocycles. The molecular formula is C21H33N5O4. The van der Waals surface area contributed by atoms with Crippen LogP contribution < -0.4 is 4.74 Å². The molecule has 0 fully saturated rings. The van der Waals surface area contributed by atoms with Crippen molar-refractivity contribution in [3.05, 3.63) is 24.8 Å². The van der Waals surface area contributed by atoms with E-state index in [4.69, 9.17) is 14.2 Å². The number of ether oxygens (including phenoxy) is 3. The summed E-state index contributed by atoms with van der Waals surface area (Å²) in [6.07, 6.45) is 8.03. The fourth-order valence-corrected chi connectivity index (χ4v) is 2.54. The normalized spacial score (nSPS) is 12.0. The molecule has 2 aromatic heterocycles. The lowest BCUT2D eigenvalue weighted by Gasteiger charge is -2.28. The Kier molecular flexibility index (Phi) is 8.71. The number of carbonyl (C=O) groups is 1. The molecule has 2 rings (SSSR count). The van der Waals surface area contributed by atoms with Crippen LogP contribution >= 0.6 is 0 Å². The smallest absolute Gasteiger partial charge is 0.338 e. The van der Waals surface area contributed by atoms with E-state index in [0.717, 1.165) is 32.1 Å². The Labute approximate surface area is 178 Å². The van der Waals surface area contributed by atoms with Gasteiger partial charge in [0.05, 0.1) is 6.61 Å². The first-order chi connectivity index (χ1) is 14.2. The van der Waals surface area contributed by atoms with Gasteiger partial charge in [0.15, 0.2) is 11.4 Å². The average molecular weight is 420 g/mol. The fourth-order valence-electron chi connectivity index (χ4n) is 2.54. The summed E-state index contributed by atoms with van der Waals surface area (Å²) in [6, 6.07) is 3.56. The summed E-state index contributed by atoms with van der Waals surface area (Å²) in [5.41, 5.74) is -1.43. The second-order valence-corrected chi connectivity index (χ2v) is 8.55. The van der Waals surface area contributed by atoms with E-state index in [1.54, 1.807) is 32.3 Å². The van der Waals surface area contributed by atoms with Crippen molar-refractivity contribution in [1.29, 1.82) is 0 Å². The molecule has 0 aliphatic heterocycles. The van der Waals surface area contributed by atoms with Crippen molar-refractivity contribution in [2.75, 3.05) is 13.2 Å². The van der Waals surface area contributed by atoms with Gasteiger partial charge in [0.25, 0.3) is 0 Å². The summed E-state index contributed by atoms with van der Waals surface area (Å²) in [5.74, 6) is 0.762. The molecule has 0 saturated carbocycles. The van der Waals surface area contributed by atoms with E-state index < -0.39 is 11.2 Å². The first-order valence-corrected chi connectivity index (χ1v) is 10.4. The Hall–Kier alpha value is -2.55. The Morgan fingerprint density at radius 2 is 1.67 bits per heavy atom. The number of aromatic nitrogens is 5. The Bertz CT molecular complexity index is 755. The van der Waals surface area contributed by atoms with E-state index in [-0.39, 0.29) is 5.97 Å². The molecular weight excluding hydrogens is 386 g/mol. The highest BCUT2D eigenvalue weighted by Crippen LogP contribution is 2.18. The number of hydrogen-bond donors (Lipinski definition) is 0. The van der Waals surface area contributed by atoms with Crippen LogP contribution in [0.25, 0.3) is 5.82 Å². The molecule has 166 valence electrons. The molecule has 0 saturated heterocycles. The molecule has 0 N–H and O–H groups in total. The molecule has 2 heterocycles. The van der Waals surface area contributed by atoms with Crippen molar-refractivity contribution < 1.29 is 19.0 Å². The van der Waals surface area contributed by atoms with E-state index in [9.17, 15) is 4.79 Å². The molecule has 0 aliphatic rings. The predicted molar refractivity (Wildman–Crippen MR) is 111 cm³/mol. The largest absolute Gasteiger partial charge is 0.477 e. The van der Waals surface area contributed by atoms with Gasteiger partial charge in [-0.25, -0.2) is 14.5 Å². The van der Waals surface area contributed by atoms with E-state index in [1.807, 2.05) is 20.8 Å². The lowest BCUT2D eigenvalue weighted by molar-refractivity contribution is -0.179. The van der Waals surface area contributed by atoms with Crippen LogP contribution in [0.5, 0.6) is 5.88 Å². The highest BCUT2D eigenvalue weighted by atomic mass is 16.6. The van der Waals surface area contributed by atoms with Crippen molar-refractivity contribution in [1.82, 2.24) is 25.0 Å². The van der Waals surface area contributed by atoms with Crippen LogP contribution in [0.2, 0.25) is 0 Å². The lowest BCUT2D eigenvalue weighted by Crippen LogP contribution is -2.41. The first-order valence-electron chi connectivity index (χ1n) is 10.4. The molecule has 9 heteroatoms. The second kappa shape index (κ2) is 11.0. The monoisotopic (exact) mass is 419 g/mol. The standard InChI is InChI=1S/C21H33N5O4/c1-20(2,3)30-19(27)21(4,5)29-14-10-8-6-7-9-13-28-18-12-11-17(24-25-18)26-16-22-15-23-26/h11-12,15-16H,6-10,13-14H2,1-5H3. The van der Waals surface area contributed by atoms with Gasteiger partial charge in [0.2, 0.25) is 5.88 Å². The van der Waals surface area contributed by atoms with Crippen LogP contribution in [0.3, 0.4) is 0 Å². The Balaban J connectivity index is 1.51. The summed E-state index contributed by atoms with van der Waals surface area (Å²) < 4.78 is 18.3. The van der Waals surface area contributed by atoms with Crippen LogP contribution in [0.1, 0.15) is 66.7 Å². The van der Waals surface area contributed by atoms with Crippen LogP contribution in [-0.2, 0) is 14.3 Å². The molecule has 0 unspecified atom stereocenters. The second-order valence-electron chi connectivity index (χ2n) is 8.55. The first kappa shape index (κ1) is 23.7. The van der Waals surface area contributed by atoms with E-state index >= 15 is 0 Å². The number of unbranched alkanes of at least 4 members (excludes halogenated alkanes) is 4. The van der Waals surface area contributed by atoms with E-state index in [2.05, 4.69) is 20.3 Å². The molecule has 0 radical (unpaired) electrons. The minimum Gasteiger partial charge on any atom is -0.477 e. The highest BCUT2D eigenvalue weighted by molar-refractivity contribution is 5.78. The Morgan fingerprint density at radius 1 is 0.967 bits per heavy atom. The molecule has 2 aromatic rings. The predicted octanol–water partition coefficient (Wildman–Crippen LogP) is 3.52. The summed E-state index contributed by atoms with van der Waals surface area (Å²) in [6.45, 7) is 10.2. The van der Waals surface area contributed by atoms with Gasteiger partial charge in [-0.15, -0.1) is 10.2 Å². The maximum absolute atomic E-state index is 12.1. The fraction of sp³-hybridized carbons (Fsp3) is 0.667. The van der Waals surface area contributed by atoms with Gasteiger partial charge in [-0.05, 0) is 53.5 Å². The van der Waals surface area contributed by atoms with Crippen LogP contribution in [-0.4, -0.2) is 55.3 Å². The third-order valence-corrected chi connectivity index (χ3v) is 4.17. The number of esters is 1. The molecule has 30 heavy (non-hydrogen) atoms. The van der Waals surface area contributed by atoms with E-state index in [1.165, 1.54) is 11.0 Å². The minimum absolute atomic E-state index is 0.329. The van der Waals surface area contributed by atoms with Crippen molar-refractivity contribution in [3.63, 3.8) is 0 Å². The summed E-state index contributed by atoms with van der Waals surface area (Å²) in [5, 5.41) is 12.1. The summed E-state index contributed by atoms with van der Waals surface area (Å²) >= 11 is 0. The van der Waals surface area contributed by atoms with Crippen molar-refractivity contribution in [2.24, 2.45) is 0 Å². The highest BCUT2D eigenvalue weighted by Gasteiger charge is 2.33. The third kappa shape index (κ3) is 8.44. The van der Waals surface area contributed by atoms with Crippen LogP contribution in [0, 0.1) is 0 Å². The number of rotatable bonds is 12. The topological polar surface area (TPSA) is 101 Å². The van der Waals surface area contributed by atoms with Gasteiger partial charge >= 0.3 is 5.97 Å². The van der Waals surface area contributed by atoms with Gasteiger partial charge in [0, 0.05) is 12.7 Å². The molecule has 9 nitrogen and oxygen atoms in total. The van der Waals surface area contributed by atoms with Gasteiger partial charge in [-0.2, -0.15) is 5.10 Å². The van der Waals surface area contributed by atoms with Gasteiger partial charge in [0.1, 0.15) is 18.3 Å². The van der Waals surface area contributed by atoms with Crippen molar-refractivity contribution >= 4 is 5.97 Å².